The van der Waals surface area contributed by atoms with E-state index in [2.05, 4.69) is 15.4 Å². The molecule has 0 aromatic heterocycles. The molecular weight excluding hydrogens is 278 g/mol. The Kier molecular flexibility index (Phi) is 6.63. The zero-order chi connectivity index (χ0) is 16.7. The predicted octanol–water partition coefficient (Wildman–Crippen LogP) is 3.95. The molecule has 0 saturated heterocycles. The van der Waals surface area contributed by atoms with Crippen LogP contribution < -0.4 is 0 Å². The van der Waals surface area contributed by atoms with E-state index >= 15 is 0 Å². The van der Waals surface area contributed by atoms with Crippen molar-refractivity contribution in [1.29, 1.82) is 0 Å². The van der Waals surface area contributed by atoms with Crippen LogP contribution in [0.15, 0.2) is 33.6 Å². The van der Waals surface area contributed by atoms with Crippen molar-refractivity contribution in [3.8, 4) is 0 Å². The Hall–Kier alpha value is -2.30. The molecule has 0 saturated carbocycles. The number of carbonyl (C=O) groups excluding carboxylic acids is 1. The maximum absolute atomic E-state index is 11.7. The molecule has 0 atom stereocenters. The molecule has 22 heavy (non-hydrogen) atoms. The van der Waals surface area contributed by atoms with Crippen molar-refractivity contribution >= 4 is 22.9 Å². The fraction of sp³-hybridized carbons (Fsp3) is 0.412. The molecule has 0 spiro atoms. The average Bonchev–Trinajstić information content (AvgIpc) is 2.44. The number of carbonyl (C=O) groups is 1. The second-order valence-electron chi connectivity index (χ2n) is 5.35. The van der Waals surface area contributed by atoms with Crippen LogP contribution >= 0.6 is 0 Å². The van der Waals surface area contributed by atoms with Crippen molar-refractivity contribution in [2.24, 2.45) is 15.4 Å². The summed E-state index contributed by atoms with van der Waals surface area (Å²) < 4.78 is 0. The molecule has 0 aliphatic carbocycles. The highest BCUT2D eigenvalue weighted by molar-refractivity contribution is 6.40. The Morgan fingerprint density at radius 1 is 1.05 bits per heavy atom. The minimum Gasteiger partial charge on any atom is -0.391 e. The Balaban J connectivity index is 2.82. The Morgan fingerprint density at radius 2 is 1.73 bits per heavy atom. The van der Waals surface area contributed by atoms with Crippen LogP contribution in [0.2, 0.25) is 0 Å². The van der Waals surface area contributed by atoms with Crippen molar-refractivity contribution in [3.05, 3.63) is 34.9 Å². The van der Waals surface area contributed by atoms with Gasteiger partial charge in [0, 0.05) is 16.8 Å². The van der Waals surface area contributed by atoms with Gasteiger partial charge in [0.1, 0.15) is 6.61 Å². The number of aryl methyl sites for hydroxylation is 1. The highest BCUT2D eigenvalue weighted by atomic mass is 16.6. The zero-order valence-electron chi connectivity index (χ0n) is 14.1. The first-order valence-corrected chi connectivity index (χ1v) is 7.14. The smallest absolute Gasteiger partial charge is 0.160 e. The molecule has 0 radical (unpaired) electrons. The summed E-state index contributed by atoms with van der Waals surface area (Å²) in [5.74, 6) is 0.0305. The van der Waals surface area contributed by atoms with Gasteiger partial charge in [0.2, 0.25) is 0 Å². The van der Waals surface area contributed by atoms with Gasteiger partial charge >= 0.3 is 0 Å². The zero-order valence-corrected chi connectivity index (χ0v) is 14.1. The molecule has 118 valence electrons. The molecule has 0 heterocycles. The van der Waals surface area contributed by atoms with Gasteiger partial charge in [-0.1, -0.05) is 23.4 Å². The van der Waals surface area contributed by atoms with Crippen LogP contribution in [0.3, 0.4) is 0 Å². The van der Waals surface area contributed by atoms with E-state index in [9.17, 15) is 4.79 Å². The Labute approximate surface area is 131 Å². The average molecular weight is 301 g/mol. The maximum atomic E-state index is 11.7. The van der Waals surface area contributed by atoms with Crippen molar-refractivity contribution in [2.75, 3.05) is 0 Å². The molecule has 0 fully saturated rings. The number of hydrogen-bond donors (Lipinski definition) is 0. The summed E-state index contributed by atoms with van der Waals surface area (Å²) in [6.07, 6.45) is 0. The Morgan fingerprint density at radius 3 is 2.32 bits per heavy atom. The minimum atomic E-state index is 0.0305. The van der Waals surface area contributed by atoms with Gasteiger partial charge in [-0.3, -0.25) is 4.79 Å². The largest absolute Gasteiger partial charge is 0.391 e. The second-order valence-corrected chi connectivity index (χ2v) is 5.35. The number of Topliss-reactive ketones (excluding diaryl/α,β-unsaturated/α-hetero) is 1. The normalized spacial score (nSPS) is 12.1. The SMILES string of the molecule is CC(=O)c1c(C)cccc1CON=C(C)C(C)=NN=C(C)C. The Bertz CT molecular complexity index is 639. The molecule has 0 aliphatic rings. The monoisotopic (exact) mass is 301 g/mol. The lowest BCUT2D eigenvalue weighted by Gasteiger charge is -2.09. The van der Waals surface area contributed by atoms with E-state index in [1.165, 1.54) is 0 Å². The summed E-state index contributed by atoms with van der Waals surface area (Å²) in [4.78, 5) is 17.1. The first-order chi connectivity index (χ1) is 10.3. The van der Waals surface area contributed by atoms with E-state index in [-0.39, 0.29) is 12.4 Å². The third kappa shape index (κ3) is 5.24. The van der Waals surface area contributed by atoms with Gasteiger partial charge in [-0.25, -0.2) is 0 Å². The van der Waals surface area contributed by atoms with Gasteiger partial charge in [0.15, 0.2) is 5.78 Å². The molecular formula is C17H23N3O2. The molecule has 1 aromatic rings. The fourth-order valence-corrected chi connectivity index (χ4v) is 1.86. The number of oxime groups is 1. The van der Waals surface area contributed by atoms with E-state index in [0.29, 0.717) is 17.0 Å². The molecule has 0 aliphatic heterocycles. The highest BCUT2D eigenvalue weighted by Crippen LogP contribution is 2.16. The highest BCUT2D eigenvalue weighted by Gasteiger charge is 2.10. The third-order valence-electron chi connectivity index (χ3n) is 3.06. The van der Waals surface area contributed by atoms with Crippen LogP contribution in [-0.2, 0) is 11.4 Å². The quantitative estimate of drug-likeness (QED) is 0.454. The number of nitrogens with zero attached hydrogens (tertiary/aromatic N) is 3. The van der Waals surface area contributed by atoms with Gasteiger partial charge in [-0.15, -0.1) is 0 Å². The van der Waals surface area contributed by atoms with Crippen LogP contribution in [0.4, 0.5) is 0 Å². The predicted molar refractivity (Wildman–Crippen MR) is 91.0 cm³/mol. The summed E-state index contributed by atoms with van der Waals surface area (Å²) >= 11 is 0. The van der Waals surface area contributed by atoms with Crippen LogP contribution in [0.5, 0.6) is 0 Å². The molecule has 0 amide bonds. The van der Waals surface area contributed by atoms with E-state index in [4.69, 9.17) is 4.84 Å². The number of rotatable bonds is 6. The van der Waals surface area contributed by atoms with Crippen LogP contribution in [0, 0.1) is 6.92 Å². The van der Waals surface area contributed by atoms with E-state index < -0.39 is 0 Å². The summed E-state index contributed by atoms with van der Waals surface area (Å²) in [5, 5.41) is 12.1. The first kappa shape index (κ1) is 17.8. The van der Waals surface area contributed by atoms with Gasteiger partial charge in [-0.2, -0.15) is 10.2 Å². The molecule has 1 aromatic carbocycles. The molecule has 0 bridgehead atoms. The van der Waals surface area contributed by atoms with Crippen molar-refractivity contribution in [3.63, 3.8) is 0 Å². The lowest BCUT2D eigenvalue weighted by Crippen LogP contribution is -2.07. The molecule has 0 unspecified atom stereocenters. The summed E-state index contributed by atoms with van der Waals surface area (Å²) in [7, 11) is 0. The van der Waals surface area contributed by atoms with Gasteiger partial charge in [0.05, 0.1) is 11.4 Å². The lowest BCUT2D eigenvalue weighted by molar-refractivity contribution is 0.100. The third-order valence-corrected chi connectivity index (χ3v) is 3.06. The molecule has 5 nitrogen and oxygen atoms in total. The molecule has 1 rings (SSSR count). The number of benzene rings is 1. The van der Waals surface area contributed by atoms with Crippen LogP contribution in [0.25, 0.3) is 0 Å². The summed E-state index contributed by atoms with van der Waals surface area (Å²) in [6, 6.07) is 5.69. The van der Waals surface area contributed by atoms with Gasteiger partial charge in [-0.05, 0) is 47.1 Å². The standard InChI is InChI=1S/C17H23N3O2/c1-11(2)18-19-13(4)14(5)20-22-10-16-9-7-8-12(3)17(16)15(6)21/h7-9H,10H2,1-6H3. The van der Waals surface area contributed by atoms with E-state index in [1.807, 2.05) is 52.8 Å². The van der Waals surface area contributed by atoms with Crippen LogP contribution in [0.1, 0.15) is 56.1 Å². The topological polar surface area (TPSA) is 63.4 Å². The minimum absolute atomic E-state index is 0.0305. The first-order valence-electron chi connectivity index (χ1n) is 7.14. The van der Waals surface area contributed by atoms with Crippen LogP contribution in [-0.4, -0.2) is 22.9 Å². The fourth-order valence-electron chi connectivity index (χ4n) is 1.86. The number of hydrogen-bond acceptors (Lipinski definition) is 5. The summed E-state index contributed by atoms with van der Waals surface area (Å²) in [5.41, 5.74) is 4.70. The summed E-state index contributed by atoms with van der Waals surface area (Å²) in [6.45, 7) is 11.1. The van der Waals surface area contributed by atoms with Crippen molar-refractivity contribution < 1.29 is 9.63 Å². The van der Waals surface area contributed by atoms with Crippen molar-refractivity contribution in [1.82, 2.24) is 0 Å². The molecule has 5 heteroatoms. The second kappa shape index (κ2) is 8.22. The molecule has 0 N–H and O–H groups in total. The van der Waals surface area contributed by atoms with E-state index in [1.54, 1.807) is 6.92 Å². The lowest BCUT2D eigenvalue weighted by atomic mass is 9.99. The van der Waals surface area contributed by atoms with Gasteiger partial charge in [0.25, 0.3) is 0 Å². The van der Waals surface area contributed by atoms with E-state index in [0.717, 1.165) is 16.8 Å². The number of ketones is 1. The van der Waals surface area contributed by atoms with Crippen molar-refractivity contribution in [2.45, 2.75) is 48.1 Å². The maximum Gasteiger partial charge on any atom is 0.160 e. The van der Waals surface area contributed by atoms with Gasteiger partial charge < -0.3 is 4.84 Å².